The largest absolute Gasteiger partial charge is 0.496 e. The lowest BCUT2D eigenvalue weighted by Gasteiger charge is -2.20. The predicted molar refractivity (Wildman–Crippen MR) is 68.9 cm³/mol. The number of ether oxygens (including phenoxy) is 2. The number of amides is 1. The Kier molecular flexibility index (Phi) is 4.20. The van der Waals surface area contributed by atoms with E-state index in [1.807, 2.05) is 19.1 Å². The smallest absolute Gasteiger partial charge is 0.255 e. The maximum Gasteiger partial charge on any atom is 0.255 e. The molecule has 18 heavy (non-hydrogen) atoms. The van der Waals surface area contributed by atoms with Gasteiger partial charge in [0.2, 0.25) is 0 Å². The second-order valence-electron chi connectivity index (χ2n) is 4.51. The fourth-order valence-electron chi connectivity index (χ4n) is 2.21. The molecule has 2 rings (SSSR count). The van der Waals surface area contributed by atoms with Crippen LogP contribution in [-0.4, -0.2) is 31.8 Å². The number of hydrogen-bond acceptors (Lipinski definition) is 3. The highest BCUT2D eigenvalue weighted by atomic mass is 16.5. The summed E-state index contributed by atoms with van der Waals surface area (Å²) in [6.07, 6.45) is 2.20. The highest BCUT2D eigenvalue weighted by molar-refractivity contribution is 5.97. The van der Waals surface area contributed by atoms with Crippen molar-refractivity contribution in [1.82, 2.24) is 5.32 Å². The Morgan fingerprint density at radius 3 is 2.94 bits per heavy atom. The van der Waals surface area contributed by atoms with Crippen molar-refractivity contribution in [3.8, 4) is 5.75 Å². The van der Waals surface area contributed by atoms with Crippen LogP contribution in [0.3, 0.4) is 0 Å². The first-order valence-corrected chi connectivity index (χ1v) is 6.28. The number of methoxy groups -OCH3 is 1. The number of benzene rings is 1. The number of hydrogen-bond donors (Lipinski definition) is 1. The van der Waals surface area contributed by atoms with E-state index in [2.05, 4.69) is 5.32 Å². The van der Waals surface area contributed by atoms with Gasteiger partial charge in [0.1, 0.15) is 5.75 Å². The van der Waals surface area contributed by atoms with Gasteiger partial charge in [-0.25, -0.2) is 0 Å². The maximum absolute atomic E-state index is 12.1. The molecule has 0 radical (unpaired) electrons. The van der Waals surface area contributed by atoms with Crippen molar-refractivity contribution in [2.45, 2.75) is 31.9 Å². The Morgan fingerprint density at radius 1 is 1.50 bits per heavy atom. The van der Waals surface area contributed by atoms with Gasteiger partial charge in [0, 0.05) is 6.61 Å². The number of carbonyl (C=O) groups excluding carboxylic acids is 1. The van der Waals surface area contributed by atoms with Crippen molar-refractivity contribution in [3.05, 3.63) is 29.8 Å². The summed E-state index contributed by atoms with van der Waals surface area (Å²) in [4.78, 5) is 12.1. The van der Waals surface area contributed by atoms with E-state index in [4.69, 9.17) is 9.47 Å². The molecule has 98 valence electrons. The Hall–Kier alpha value is -1.55. The third-order valence-electron chi connectivity index (χ3n) is 3.23. The van der Waals surface area contributed by atoms with E-state index in [1.54, 1.807) is 19.2 Å². The number of carbonyl (C=O) groups is 1. The van der Waals surface area contributed by atoms with Gasteiger partial charge in [-0.05, 0) is 31.9 Å². The van der Waals surface area contributed by atoms with E-state index in [0.717, 1.165) is 19.4 Å². The lowest BCUT2D eigenvalue weighted by atomic mass is 10.1. The van der Waals surface area contributed by atoms with Crippen molar-refractivity contribution in [3.63, 3.8) is 0 Å². The van der Waals surface area contributed by atoms with E-state index in [-0.39, 0.29) is 18.1 Å². The summed E-state index contributed by atoms with van der Waals surface area (Å²) in [5.74, 6) is 0.477. The van der Waals surface area contributed by atoms with Crippen LogP contribution in [0.5, 0.6) is 5.75 Å². The molecule has 0 aliphatic carbocycles. The van der Waals surface area contributed by atoms with E-state index in [0.29, 0.717) is 11.3 Å². The molecule has 0 unspecified atom stereocenters. The van der Waals surface area contributed by atoms with E-state index >= 15 is 0 Å². The second kappa shape index (κ2) is 5.87. The van der Waals surface area contributed by atoms with E-state index in [9.17, 15) is 4.79 Å². The molecule has 1 aliphatic heterocycles. The second-order valence-corrected chi connectivity index (χ2v) is 4.51. The molecule has 1 fully saturated rings. The van der Waals surface area contributed by atoms with Crippen LogP contribution in [0.25, 0.3) is 0 Å². The number of nitrogens with one attached hydrogen (secondary N) is 1. The Labute approximate surface area is 107 Å². The topological polar surface area (TPSA) is 47.6 Å². The van der Waals surface area contributed by atoms with Crippen LogP contribution in [0, 0.1) is 0 Å². The van der Waals surface area contributed by atoms with Gasteiger partial charge in [0.25, 0.3) is 5.91 Å². The average molecular weight is 249 g/mol. The molecule has 4 nitrogen and oxygen atoms in total. The summed E-state index contributed by atoms with van der Waals surface area (Å²) in [6, 6.07) is 7.24. The van der Waals surface area contributed by atoms with Gasteiger partial charge in [-0.1, -0.05) is 12.1 Å². The van der Waals surface area contributed by atoms with Gasteiger partial charge in [-0.2, -0.15) is 0 Å². The van der Waals surface area contributed by atoms with Crippen LogP contribution in [0.1, 0.15) is 30.1 Å². The zero-order chi connectivity index (χ0) is 13.0. The summed E-state index contributed by atoms with van der Waals surface area (Å²) in [5.41, 5.74) is 0.560. The monoisotopic (exact) mass is 249 g/mol. The molecule has 1 aliphatic rings. The molecule has 1 amide bonds. The van der Waals surface area contributed by atoms with Crippen LogP contribution in [-0.2, 0) is 4.74 Å². The van der Waals surface area contributed by atoms with Crippen molar-refractivity contribution < 1.29 is 14.3 Å². The molecule has 1 aromatic carbocycles. The summed E-state index contributed by atoms with van der Waals surface area (Å²) in [7, 11) is 1.57. The van der Waals surface area contributed by atoms with Crippen molar-refractivity contribution in [2.75, 3.05) is 13.7 Å². The van der Waals surface area contributed by atoms with E-state index in [1.165, 1.54) is 0 Å². The van der Waals surface area contributed by atoms with Crippen LogP contribution < -0.4 is 10.1 Å². The minimum atomic E-state index is -0.115. The first-order chi connectivity index (χ1) is 8.72. The van der Waals surface area contributed by atoms with Crippen molar-refractivity contribution in [2.24, 2.45) is 0 Å². The quantitative estimate of drug-likeness (QED) is 0.887. The fraction of sp³-hybridized carbons (Fsp3) is 0.500. The molecular weight excluding hydrogens is 230 g/mol. The normalized spacial score (nSPS) is 20.4. The highest BCUT2D eigenvalue weighted by Gasteiger charge is 2.24. The Balaban J connectivity index is 2.02. The first-order valence-electron chi connectivity index (χ1n) is 6.28. The zero-order valence-corrected chi connectivity index (χ0v) is 10.8. The fourth-order valence-corrected chi connectivity index (χ4v) is 2.21. The Morgan fingerprint density at radius 2 is 2.28 bits per heavy atom. The van der Waals surface area contributed by atoms with Gasteiger partial charge in [-0.15, -0.1) is 0 Å². The van der Waals surface area contributed by atoms with Crippen molar-refractivity contribution >= 4 is 5.91 Å². The zero-order valence-electron chi connectivity index (χ0n) is 10.8. The third kappa shape index (κ3) is 2.82. The summed E-state index contributed by atoms with van der Waals surface area (Å²) >= 11 is 0. The lowest BCUT2D eigenvalue weighted by molar-refractivity contribution is 0.0710. The number of rotatable bonds is 4. The van der Waals surface area contributed by atoms with Crippen molar-refractivity contribution in [1.29, 1.82) is 0 Å². The van der Waals surface area contributed by atoms with Crippen LogP contribution in [0.15, 0.2) is 24.3 Å². The number of para-hydroxylation sites is 1. The molecule has 1 heterocycles. The molecule has 1 N–H and O–H groups in total. The maximum atomic E-state index is 12.1. The highest BCUT2D eigenvalue weighted by Crippen LogP contribution is 2.19. The molecule has 1 saturated heterocycles. The first kappa shape index (κ1) is 12.9. The SMILES string of the molecule is COc1ccccc1C(=O)N[C@H](C)[C@@H]1CCCO1. The third-order valence-corrected chi connectivity index (χ3v) is 3.23. The van der Waals surface area contributed by atoms with Gasteiger partial charge in [0.05, 0.1) is 24.8 Å². The molecule has 0 aromatic heterocycles. The lowest BCUT2D eigenvalue weighted by Crippen LogP contribution is -2.40. The van der Waals surface area contributed by atoms with Gasteiger partial charge >= 0.3 is 0 Å². The molecule has 1 aromatic rings. The predicted octanol–water partition coefficient (Wildman–Crippen LogP) is 1.99. The Bertz CT molecular complexity index is 413. The summed E-state index contributed by atoms with van der Waals surface area (Å²) in [6.45, 7) is 2.77. The van der Waals surface area contributed by atoms with Crippen LogP contribution in [0.2, 0.25) is 0 Å². The van der Waals surface area contributed by atoms with Crippen LogP contribution >= 0.6 is 0 Å². The summed E-state index contributed by atoms with van der Waals surface area (Å²) in [5, 5.41) is 2.97. The molecule has 0 spiro atoms. The standard InChI is InChI=1S/C14H19NO3/c1-10(12-8-5-9-18-12)15-14(16)11-6-3-4-7-13(11)17-2/h3-4,6-7,10,12H,5,8-9H2,1-2H3,(H,15,16)/t10-,12+/m1/s1. The summed E-state index contributed by atoms with van der Waals surface area (Å²) < 4.78 is 10.7. The van der Waals surface area contributed by atoms with E-state index < -0.39 is 0 Å². The van der Waals surface area contributed by atoms with Gasteiger partial charge < -0.3 is 14.8 Å². The molecule has 4 heteroatoms. The molecule has 0 saturated carbocycles. The van der Waals surface area contributed by atoms with Gasteiger partial charge in [-0.3, -0.25) is 4.79 Å². The minimum Gasteiger partial charge on any atom is -0.496 e. The molecule has 0 bridgehead atoms. The molecule has 2 atom stereocenters. The average Bonchev–Trinajstić information content (AvgIpc) is 2.92. The van der Waals surface area contributed by atoms with Crippen LogP contribution in [0.4, 0.5) is 0 Å². The minimum absolute atomic E-state index is 0.0184. The van der Waals surface area contributed by atoms with Gasteiger partial charge in [0.15, 0.2) is 0 Å². The molecular formula is C14H19NO3.